The fourth-order valence-electron chi connectivity index (χ4n) is 2.18. The quantitative estimate of drug-likeness (QED) is 0.666. The largest absolute Gasteiger partial charge is 0.506 e. The molecule has 8 heteroatoms. The molecule has 0 atom stereocenters. The molecule has 3 rings (SSSR count). The standard InChI is InChI=1S/C18H13ClN2O4S/c19-13-6-8-14(9-7-13)26(24,25)17-10-5-12(11-20-17)18(23)21-15-3-1-2-4-16(15)22/h1-11,22H,(H,21,23). The Morgan fingerprint density at radius 3 is 2.31 bits per heavy atom. The number of aromatic nitrogens is 1. The second-order valence-corrected chi connectivity index (χ2v) is 7.65. The summed E-state index contributed by atoms with van der Waals surface area (Å²) in [5.41, 5.74) is 0.402. The van der Waals surface area contributed by atoms with Crippen LogP contribution in [0.15, 0.2) is 76.8 Å². The number of carbonyl (C=O) groups excluding carboxylic acids is 1. The van der Waals surface area contributed by atoms with E-state index in [2.05, 4.69) is 10.3 Å². The molecule has 132 valence electrons. The summed E-state index contributed by atoms with van der Waals surface area (Å²) in [5, 5.41) is 12.5. The summed E-state index contributed by atoms with van der Waals surface area (Å²) in [6, 6.07) is 14.6. The molecule has 0 fully saturated rings. The van der Waals surface area contributed by atoms with E-state index in [0.29, 0.717) is 5.02 Å². The fraction of sp³-hybridized carbons (Fsp3) is 0. The van der Waals surface area contributed by atoms with Crippen LogP contribution in [0.4, 0.5) is 5.69 Å². The monoisotopic (exact) mass is 388 g/mol. The van der Waals surface area contributed by atoms with Crippen LogP contribution in [0, 0.1) is 0 Å². The number of amides is 1. The van der Waals surface area contributed by atoms with E-state index >= 15 is 0 Å². The van der Waals surface area contributed by atoms with Gasteiger partial charge in [0.2, 0.25) is 9.84 Å². The Labute approximate surface area is 155 Å². The van der Waals surface area contributed by atoms with E-state index in [1.807, 2.05) is 0 Å². The fourth-order valence-corrected chi connectivity index (χ4v) is 3.48. The van der Waals surface area contributed by atoms with E-state index in [4.69, 9.17) is 11.6 Å². The molecule has 0 radical (unpaired) electrons. The van der Waals surface area contributed by atoms with Gasteiger partial charge in [0, 0.05) is 11.2 Å². The van der Waals surface area contributed by atoms with Crippen LogP contribution in [0.5, 0.6) is 5.75 Å². The zero-order valence-electron chi connectivity index (χ0n) is 13.3. The zero-order valence-corrected chi connectivity index (χ0v) is 14.8. The van der Waals surface area contributed by atoms with Crippen molar-refractivity contribution in [3.05, 3.63) is 77.4 Å². The molecule has 26 heavy (non-hydrogen) atoms. The lowest BCUT2D eigenvalue weighted by atomic mass is 10.2. The molecule has 0 saturated heterocycles. The van der Waals surface area contributed by atoms with Gasteiger partial charge in [-0.1, -0.05) is 23.7 Å². The lowest BCUT2D eigenvalue weighted by molar-refractivity contribution is 0.102. The Kier molecular flexibility index (Phi) is 4.92. The maximum atomic E-state index is 12.5. The van der Waals surface area contributed by atoms with E-state index < -0.39 is 15.7 Å². The Morgan fingerprint density at radius 2 is 1.69 bits per heavy atom. The highest BCUT2D eigenvalue weighted by Crippen LogP contribution is 2.23. The number of halogens is 1. The van der Waals surface area contributed by atoms with Crippen molar-refractivity contribution in [2.24, 2.45) is 0 Å². The number of aromatic hydroxyl groups is 1. The predicted octanol–water partition coefficient (Wildman–Crippen LogP) is 3.53. The van der Waals surface area contributed by atoms with Crippen LogP contribution in [-0.2, 0) is 9.84 Å². The maximum Gasteiger partial charge on any atom is 0.257 e. The minimum Gasteiger partial charge on any atom is -0.506 e. The highest BCUT2D eigenvalue weighted by Gasteiger charge is 2.20. The van der Waals surface area contributed by atoms with Gasteiger partial charge >= 0.3 is 0 Å². The van der Waals surface area contributed by atoms with E-state index in [9.17, 15) is 18.3 Å². The molecule has 1 aromatic heterocycles. The van der Waals surface area contributed by atoms with Crippen molar-refractivity contribution in [1.82, 2.24) is 4.98 Å². The number of phenols is 1. The molecule has 2 N–H and O–H groups in total. The SMILES string of the molecule is O=C(Nc1ccccc1O)c1ccc(S(=O)(=O)c2ccc(Cl)cc2)nc1. The van der Waals surface area contributed by atoms with Gasteiger partial charge in [-0.3, -0.25) is 4.79 Å². The highest BCUT2D eigenvalue weighted by atomic mass is 35.5. The van der Waals surface area contributed by atoms with Crippen LogP contribution < -0.4 is 5.32 Å². The van der Waals surface area contributed by atoms with E-state index in [-0.39, 0.29) is 26.9 Å². The van der Waals surface area contributed by atoms with Gasteiger partial charge in [-0.25, -0.2) is 13.4 Å². The first-order chi connectivity index (χ1) is 12.4. The minimum atomic E-state index is -3.81. The number of hydrogen-bond acceptors (Lipinski definition) is 5. The zero-order chi connectivity index (χ0) is 18.7. The third-order valence-electron chi connectivity index (χ3n) is 3.55. The van der Waals surface area contributed by atoms with Crippen molar-refractivity contribution in [2.45, 2.75) is 9.92 Å². The Balaban J connectivity index is 1.83. The van der Waals surface area contributed by atoms with Crippen LogP contribution in [-0.4, -0.2) is 24.4 Å². The van der Waals surface area contributed by atoms with E-state index in [1.165, 1.54) is 42.5 Å². The first kappa shape index (κ1) is 17.9. The van der Waals surface area contributed by atoms with Crippen molar-refractivity contribution in [2.75, 3.05) is 5.32 Å². The molecule has 0 aliphatic rings. The molecule has 0 aliphatic carbocycles. The van der Waals surface area contributed by atoms with Crippen molar-refractivity contribution >= 4 is 33.0 Å². The average Bonchev–Trinajstić information content (AvgIpc) is 2.64. The summed E-state index contributed by atoms with van der Waals surface area (Å²) in [4.78, 5) is 16.2. The van der Waals surface area contributed by atoms with Crippen molar-refractivity contribution in [3.63, 3.8) is 0 Å². The number of pyridine rings is 1. The van der Waals surface area contributed by atoms with Crippen LogP contribution in [0.25, 0.3) is 0 Å². The molecule has 0 unspecified atom stereocenters. The molecular formula is C18H13ClN2O4S. The van der Waals surface area contributed by atoms with Gasteiger partial charge in [0.1, 0.15) is 5.75 Å². The number of sulfone groups is 1. The summed E-state index contributed by atoms with van der Waals surface area (Å²) in [6.07, 6.45) is 1.16. The summed E-state index contributed by atoms with van der Waals surface area (Å²) >= 11 is 5.77. The van der Waals surface area contributed by atoms with Gasteiger partial charge in [0.25, 0.3) is 5.91 Å². The summed E-state index contributed by atoms with van der Waals surface area (Å²) in [5.74, 6) is -0.592. The number of nitrogens with zero attached hydrogens (tertiary/aromatic N) is 1. The minimum absolute atomic E-state index is 0.0563. The lowest BCUT2D eigenvalue weighted by Gasteiger charge is -2.08. The molecule has 0 spiro atoms. The summed E-state index contributed by atoms with van der Waals surface area (Å²) in [6.45, 7) is 0. The van der Waals surface area contributed by atoms with Crippen molar-refractivity contribution in [3.8, 4) is 5.75 Å². The number of nitrogens with one attached hydrogen (secondary N) is 1. The molecule has 6 nitrogen and oxygen atoms in total. The molecule has 1 heterocycles. The van der Waals surface area contributed by atoms with E-state index in [0.717, 1.165) is 6.20 Å². The van der Waals surface area contributed by atoms with Crippen LogP contribution in [0.2, 0.25) is 5.02 Å². The van der Waals surface area contributed by atoms with Crippen LogP contribution >= 0.6 is 11.6 Å². The second kappa shape index (κ2) is 7.15. The molecule has 0 saturated carbocycles. The lowest BCUT2D eigenvalue weighted by Crippen LogP contribution is -2.13. The number of anilines is 1. The normalized spacial score (nSPS) is 11.1. The number of rotatable bonds is 4. The van der Waals surface area contributed by atoms with Crippen LogP contribution in [0.3, 0.4) is 0 Å². The van der Waals surface area contributed by atoms with Crippen molar-refractivity contribution < 1.29 is 18.3 Å². The van der Waals surface area contributed by atoms with Crippen molar-refractivity contribution in [1.29, 1.82) is 0 Å². The Bertz CT molecular complexity index is 1050. The average molecular weight is 389 g/mol. The van der Waals surface area contributed by atoms with Gasteiger partial charge in [0.05, 0.1) is 16.1 Å². The van der Waals surface area contributed by atoms with Gasteiger partial charge in [-0.15, -0.1) is 0 Å². The first-order valence-electron chi connectivity index (χ1n) is 7.44. The maximum absolute atomic E-state index is 12.5. The second-order valence-electron chi connectivity index (χ2n) is 5.31. The third kappa shape index (κ3) is 3.68. The molecule has 2 aromatic carbocycles. The molecular weight excluding hydrogens is 376 g/mol. The molecule has 0 bridgehead atoms. The smallest absolute Gasteiger partial charge is 0.257 e. The number of hydrogen-bond donors (Lipinski definition) is 2. The van der Waals surface area contributed by atoms with Gasteiger partial charge in [-0.2, -0.15) is 0 Å². The number of benzene rings is 2. The topological polar surface area (TPSA) is 96.4 Å². The summed E-state index contributed by atoms with van der Waals surface area (Å²) in [7, 11) is -3.81. The predicted molar refractivity (Wildman–Crippen MR) is 97.2 cm³/mol. The number of para-hydroxylation sites is 2. The van der Waals surface area contributed by atoms with Gasteiger partial charge < -0.3 is 10.4 Å². The Morgan fingerprint density at radius 1 is 1.00 bits per heavy atom. The Hall–Kier alpha value is -2.90. The third-order valence-corrected chi connectivity index (χ3v) is 5.49. The number of carbonyl (C=O) groups is 1. The van der Waals surface area contributed by atoms with Crippen LogP contribution in [0.1, 0.15) is 10.4 Å². The first-order valence-corrected chi connectivity index (χ1v) is 9.30. The van der Waals surface area contributed by atoms with E-state index in [1.54, 1.807) is 18.2 Å². The molecule has 3 aromatic rings. The van der Waals surface area contributed by atoms with Gasteiger partial charge in [0.15, 0.2) is 5.03 Å². The highest BCUT2D eigenvalue weighted by molar-refractivity contribution is 7.91. The van der Waals surface area contributed by atoms with Gasteiger partial charge in [-0.05, 0) is 48.5 Å². The molecule has 0 aliphatic heterocycles. The molecule has 1 amide bonds. The number of phenolic OH excluding ortho intramolecular Hbond substituents is 1. The summed E-state index contributed by atoms with van der Waals surface area (Å²) < 4.78 is 25.0.